The Morgan fingerprint density at radius 3 is 3.00 bits per heavy atom. The molecule has 3 heteroatoms. The van der Waals surface area contributed by atoms with Gasteiger partial charge in [-0.05, 0) is 21.8 Å². The fraction of sp³-hybridized carbons (Fsp3) is 0.571. The standard InChI is InChI=1S/C7H10BrNO/c1-5-3-6(10-2)7(8)9-4-5/h4-5H,3H2,1-2H3. The van der Waals surface area contributed by atoms with Crippen LogP contribution in [-0.4, -0.2) is 13.3 Å². The smallest absolute Gasteiger partial charge is 0.143 e. The van der Waals surface area contributed by atoms with Crippen molar-refractivity contribution in [2.45, 2.75) is 13.3 Å². The molecule has 0 aromatic rings. The lowest BCUT2D eigenvalue weighted by Gasteiger charge is -2.14. The minimum absolute atomic E-state index is 0.497. The maximum Gasteiger partial charge on any atom is 0.143 e. The molecule has 0 bridgehead atoms. The average Bonchev–Trinajstić information content (AvgIpc) is 1.94. The number of nitrogens with zero attached hydrogens (tertiary/aromatic N) is 1. The largest absolute Gasteiger partial charge is 0.498 e. The van der Waals surface area contributed by atoms with E-state index in [1.165, 1.54) is 0 Å². The molecule has 56 valence electrons. The van der Waals surface area contributed by atoms with E-state index in [4.69, 9.17) is 4.74 Å². The van der Waals surface area contributed by atoms with Gasteiger partial charge in [0.25, 0.3) is 0 Å². The molecule has 1 unspecified atom stereocenters. The van der Waals surface area contributed by atoms with Gasteiger partial charge in [-0.1, -0.05) is 6.92 Å². The van der Waals surface area contributed by atoms with Gasteiger partial charge < -0.3 is 4.74 Å². The molecule has 0 saturated heterocycles. The van der Waals surface area contributed by atoms with Crippen molar-refractivity contribution in [2.24, 2.45) is 10.9 Å². The van der Waals surface area contributed by atoms with Gasteiger partial charge in [0.2, 0.25) is 0 Å². The van der Waals surface area contributed by atoms with Gasteiger partial charge in [-0.2, -0.15) is 0 Å². The van der Waals surface area contributed by atoms with Crippen LogP contribution in [0.2, 0.25) is 0 Å². The van der Waals surface area contributed by atoms with Gasteiger partial charge in [0.05, 0.1) is 7.11 Å². The molecule has 0 fully saturated rings. The van der Waals surface area contributed by atoms with Crippen molar-refractivity contribution < 1.29 is 4.74 Å². The molecule has 0 aromatic carbocycles. The van der Waals surface area contributed by atoms with Gasteiger partial charge in [0, 0.05) is 12.6 Å². The van der Waals surface area contributed by atoms with Gasteiger partial charge >= 0.3 is 0 Å². The summed E-state index contributed by atoms with van der Waals surface area (Å²) in [7, 11) is 1.67. The number of hydrogen-bond donors (Lipinski definition) is 0. The van der Waals surface area contributed by atoms with E-state index in [1.807, 2.05) is 6.21 Å². The molecule has 0 aromatic heterocycles. The molecular formula is C7H10BrNO. The minimum Gasteiger partial charge on any atom is -0.498 e. The predicted molar refractivity (Wildman–Crippen MR) is 45.2 cm³/mol. The Labute approximate surface area is 69.1 Å². The van der Waals surface area contributed by atoms with Gasteiger partial charge in [-0.15, -0.1) is 0 Å². The summed E-state index contributed by atoms with van der Waals surface area (Å²) in [4.78, 5) is 4.11. The predicted octanol–water partition coefficient (Wildman–Crippen LogP) is 2.31. The number of methoxy groups -OCH3 is 1. The normalized spacial score (nSPS) is 25.3. The van der Waals surface area contributed by atoms with E-state index in [1.54, 1.807) is 7.11 Å². The number of aliphatic imine (C=N–C) groups is 1. The number of hydrogen-bond acceptors (Lipinski definition) is 2. The number of allylic oxidation sites excluding steroid dienone is 1. The van der Waals surface area contributed by atoms with E-state index in [0.29, 0.717) is 5.92 Å². The van der Waals surface area contributed by atoms with Crippen LogP contribution in [0.1, 0.15) is 13.3 Å². The molecule has 0 amide bonds. The second-order valence-corrected chi connectivity index (χ2v) is 3.13. The highest BCUT2D eigenvalue weighted by Gasteiger charge is 2.12. The third-order valence-electron chi connectivity index (χ3n) is 1.43. The van der Waals surface area contributed by atoms with Crippen LogP contribution in [-0.2, 0) is 4.74 Å². The Balaban J connectivity index is 2.74. The van der Waals surface area contributed by atoms with E-state index in [9.17, 15) is 0 Å². The number of ether oxygens (including phenoxy) is 1. The molecule has 2 nitrogen and oxygen atoms in total. The average molecular weight is 204 g/mol. The van der Waals surface area contributed by atoms with E-state index < -0.39 is 0 Å². The SMILES string of the molecule is COC1=C(Br)N=CC(C)C1. The van der Waals surface area contributed by atoms with E-state index in [2.05, 4.69) is 27.8 Å². The zero-order valence-electron chi connectivity index (χ0n) is 6.10. The van der Waals surface area contributed by atoms with Crippen LogP contribution in [0.3, 0.4) is 0 Å². The van der Waals surface area contributed by atoms with Crippen LogP contribution in [0.5, 0.6) is 0 Å². The molecule has 0 spiro atoms. The second-order valence-electron chi connectivity index (χ2n) is 2.38. The summed E-state index contributed by atoms with van der Waals surface area (Å²) in [6.07, 6.45) is 2.87. The first-order valence-electron chi connectivity index (χ1n) is 3.21. The van der Waals surface area contributed by atoms with E-state index in [-0.39, 0.29) is 0 Å². The van der Waals surface area contributed by atoms with Crippen LogP contribution in [0.4, 0.5) is 0 Å². The lowest BCUT2D eigenvalue weighted by Crippen LogP contribution is -2.05. The summed E-state index contributed by atoms with van der Waals surface area (Å²) in [5.74, 6) is 1.44. The second kappa shape index (κ2) is 3.19. The molecule has 10 heavy (non-hydrogen) atoms. The summed E-state index contributed by atoms with van der Waals surface area (Å²) < 4.78 is 5.92. The molecule has 0 saturated carbocycles. The fourth-order valence-electron chi connectivity index (χ4n) is 0.862. The Morgan fingerprint density at radius 1 is 1.80 bits per heavy atom. The fourth-order valence-corrected chi connectivity index (χ4v) is 1.30. The highest BCUT2D eigenvalue weighted by atomic mass is 79.9. The molecule has 1 aliphatic heterocycles. The highest BCUT2D eigenvalue weighted by molar-refractivity contribution is 9.11. The van der Waals surface area contributed by atoms with Gasteiger partial charge in [-0.3, -0.25) is 0 Å². The Kier molecular flexibility index (Phi) is 2.49. The molecular weight excluding hydrogens is 194 g/mol. The van der Waals surface area contributed by atoms with Crippen molar-refractivity contribution >= 4 is 22.1 Å². The van der Waals surface area contributed by atoms with E-state index in [0.717, 1.165) is 16.8 Å². The Hall–Kier alpha value is -0.310. The van der Waals surface area contributed by atoms with Gasteiger partial charge in [-0.25, -0.2) is 4.99 Å². The first-order chi connectivity index (χ1) is 4.74. The summed E-state index contributed by atoms with van der Waals surface area (Å²) >= 11 is 3.30. The lowest BCUT2D eigenvalue weighted by atomic mass is 10.1. The quantitative estimate of drug-likeness (QED) is 0.600. The molecule has 1 aliphatic rings. The van der Waals surface area contributed by atoms with Crippen molar-refractivity contribution in [2.75, 3.05) is 7.11 Å². The molecule has 0 radical (unpaired) electrons. The van der Waals surface area contributed by atoms with Crippen LogP contribution < -0.4 is 0 Å². The van der Waals surface area contributed by atoms with Crippen molar-refractivity contribution in [3.8, 4) is 0 Å². The van der Waals surface area contributed by atoms with Crippen molar-refractivity contribution in [3.63, 3.8) is 0 Å². The van der Waals surface area contributed by atoms with Crippen molar-refractivity contribution in [1.82, 2.24) is 0 Å². The van der Waals surface area contributed by atoms with Crippen molar-refractivity contribution in [1.29, 1.82) is 0 Å². The maximum atomic E-state index is 5.09. The zero-order valence-corrected chi connectivity index (χ0v) is 7.68. The van der Waals surface area contributed by atoms with Crippen LogP contribution in [0, 0.1) is 5.92 Å². The molecule has 1 heterocycles. The summed E-state index contributed by atoms with van der Waals surface area (Å²) in [6.45, 7) is 2.11. The third kappa shape index (κ3) is 1.59. The number of halogens is 1. The topological polar surface area (TPSA) is 21.6 Å². The van der Waals surface area contributed by atoms with Crippen LogP contribution >= 0.6 is 15.9 Å². The Morgan fingerprint density at radius 2 is 2.50 bits per heavy atom. The number of rotatable bonds is 1. The maximum absolute atomic E-state index is 5.09. The highest BCUT2D eigenvalue weighted by Crippen LogP contribution is 2.24. The van der Waals surface area contributed by atoms with Crippen LogP contribution in [0.25, 0.3) is 0 Å². The molecule has 1 rings (SSSR count). The Bertz CT molecular complexity index is 186. The zero-order chi connectivity index (χ0) is 7.56. The third-order valence-corrected chi connectivity index (χ3v) is 2.07. The first kappa shape index (κ1) is 7.79. The summed E-state index contributed by atoms with van der Waals surface area (Å²) in [5, 5.41) is 0. The van der Waals surface area contributed by atoms with E-state index >= 15 is 0 Å². The summed E-state index contributed by atoms with van der Waals surface area (Å²) in [5.41, 5.74) is 0. The molecule has 1 atom stereocenters. The van der Waals surface area contributed by atoms with Gasteiger partial charge in [0.15, 0.2) is 0 Å². The van der Waals surface area contributed by atoms with Gasteiger partial charge in [0.1, 0.15) is 10.4 Å². The lowest BCUT2D eigenvalue weighted by molar-refractivity contribution is 0.267. The van der Waals surface area contributed by atoms with Crippen LogP contribution in [0.15, 0.2) is 15.4 Å². The monoisotopic (exact) mass is 203 g/mol. The van der Waals surface area contributed by atoms with Crippen molar-refractivity contribution in [3.05, 3.63) is 10.4 Å². The summed E-state index contributed by atoms with van der Waals surface area (Å²) in [6, 6.07) is 0. The first-order valence-corrected chi connectivity index (χ1v) is 4.00. The minimum atomic E-state index is 0.497. The molecule has 0 N–H and O–H groups in total. The molecule has 0 aliphatic carbocycles.